The lowest BCUT2D eigenvalue weighted by Crippen LogP contribution is -2.44. The van der Waals surface area contributed by atoms with Gasteiger partial charge in [0.2, 0.25) is 0 Å². The molecule has 0 aromatic heterocycles. The van der Waals surface area contributed by atoms with Gasteiger partial charge in [0.1, 0.15) is 5.75 Å². The van der Waals surface area contributed by atoms with Crippen molar-refractivity contribution in [1.82, 2.24) is 5.32 Å². The average Bonchev–Trinajstić information content (AvgIpc) is 2.35. The van der Waals surface area contributed by atoms with Gasteiger partial charge in [-0.3, -0.25) is 4.79 Å². The summed E-state index contributed by atoms with van der Waals surface area (Å²) >= 11 is 0. The number of amides is 1. The summed E-state index contributed by atoms with van der Waals surface area (Å²) in [5.74, 6) is 0.462. The Bertz CT molecular complexity index is 445. The van der Waals surface area contributed by atoms with Crippen LogP contribution in [-0.4, -0.2) is 30.3 Å². The second-order valence-electron chi connectivity index (χ2n) is 4.92. The third kappa shape index (κ3) is 2.82. The lowest BCUT2D eigenvalue weighted by molar-refractivity contribution is 0.0375. The molecule has 4 heteroatoms. The second-order valence-corrected chi connectivity index (χ2v) is 4.92. The number of hydrogen-bond acceptors (Lipinski definition) is 3. The number of rotatable bonds is 2. The molecule has 0 aliphatic carbocycles. The van der Waals surface area contributed by atoms with Crippen LogP contribution in [0.1, 0.15) is 29.3 Å². The molecule has 1 amide bonds. The van der Waals surface area contributed by atoms with Crippen LogP contribution >= 0.6 is 0 Å². The summed E-state index contributed by atoms with van der Waals surface area (Å²) in [5.41, 5.74) is 1.30. The number of carbonyl (C=O) groups is 1. The highest BCUT2D eigenvalue weighted by molar-refractivity contribution is 5.94. The molecule has 0 bridgehead atoms. The van der Waals surface area contributed by atoms with Gasteiger partial charge in [0.25, 0.3) is 5.91 Å². The first-order valence-electron chi connectivity index (χ1n) is 6.26. The van der Waals surface area contributed by atoms with Gasteiger partial charge in [0, 0.05) is 18.2 Å². The number of aromatic hydroxyl groups is 1. The molecule has 2 N–H and O–H groups in total. The van der Waals surface area contributed by atoms with Crippen LogP contribution in [0.2, 0.25) is 0 Å². The molecule has 18 heavy (non-hydrogen) atoms. The zero-order chi connectivity index (χ0) is 13.1. The molecule has 1 aromatic carbocycles. The number of benzene rings is 1. The maximum Gasteiger partial charge on any atom is 0.251 e. The number of hydrogen-bond donors (Lipinski definition) is 2. The Labute approximate surface area is 107 Å². The van der Waals surface area contributed by atoms with E-state index in [0.29, 0.717) is 30.3 Å². The monoisotopic (exact) mass is 249 g/mol. The molecule has 1 aliphatic heterocycles. The molecule has 4 nitrogen and oxygen atoms in total. The van der Waals surface area contributed by atoms with Crippen molar-refractivity contribution in [2.75, 3.05) is 13.2 Å². The maximum absolute atomic E-state index is 12.1. The van der Waals surface area contributed by atoms with Crippen LogP contribution in [0.25, 0.3) is 0 Å². The predicted octanol–water partition coefficient (Wildman–Crippen LogP) is 1.86. The first-order chi connectivity index (χ1) is 8.58. The molecule has 98 valence electrons. The van der Waals surface area contributed by atoms with Crippen molar-refractivity contribution >= 4 is 5.91 Å². The molecule has 1 aliphatic rings. The van der Waals surface area contributed by atoms with Crippen LogP contribution in [-0.2, 0) is 4.74 Å². The molecule has 2 unspecified atom stereocenters. The Hall–Kier alpha value is -1.55. The van der Waals surface area contributed by atoms with E-state index in [-0.39, 0.29) is 17.7 Å². The Balaban J connectivity index is 2.04. The quantitative estimate of drug-likeness (QED) is 0.841. The molecule has 0 saturated carbocycles. The lowest BCUT2D eigenvalue weighted by Gasteiger charge is -2.29. The maximum atomic E-state index is 12.1. The van der Waals surface area contributed by atoms with E-state index in [1.807, 2.05) is 0 Å². The van der Waals surface area contributed by atoms with E-state index in [9.17, 15) is 9.90 Å². The molecule has 2 atom stereocenters. The van der Waals surface area contributed by atoms with Gasteiger partial charge in [-0.1, -0.05) is 6.92 Å². The van der Waals surface area contributed by atoms with E-state index in [2.05, 4.69) is 12.2 Å². The van der Waals surface area contributed by atoms with Crippen molar-refractivity contribution in [3.63, 3.8) is 0 Å². The van der Waals surface area contributed by atoms with Crippen molar-refractivity contribution < 1.29 is 14.6 Å². The fraction of sp³-hybridized carbons (Fsp3) is 0.500. The standard InChI is InChI=1S/C14H19NO3/c1-9-7-11(3-4-13(9)16)14(17)15-12-5-6-18-8-10(12)2/h3-4,7,10,12,16H,5-6,8H2,1-2H3,(H,15,17). The second kappa shape index (κ2) is 5.40. The molecule has 1 saturated heterocycles. The van der Waals surface area contributed by atoms with E-state index >= 15 is 0 Å². The molecular weight excluding hydrogens is 230 g/mol. The minimum Gasteiger partial charge on any atom is -0.508 e. The van der Waals surface area contributed by atoms with Crippen molar-refractivity contribution in [2.45, 2.75) is 26.3 Å². The number of phenolic OH excluding ortho intramolecular Hbond substituents is 1. The van der Waals surface area contributed by atoms with Crippen LogP contribution in [0.3, 0.4) is 0 Å². The van der Waals surface area contributed by atoms with Crippen molar-refractivity contribution in [3.8, 4) is 5.75 Å². The van der Waals surface area contributed by atoms with Crippen LogP contribution in [0, 0.1) is 12.8 Å². The van der Waals surface area contributed by atoms with Crippen LogP contribution in [0.4, 0.5) is 0 Å². The van der Waals surface area contributed by atoms with Crippen LogP contribution in [0.5, 0.6) is 5.75 Å². The summed E-state index contributed by atoms with van der Waals surface area (Å²) < 4.78 is 5.35. The molecule has 1 heterocycles. The topological polar surface area (TPSA) is 58.6 Å². The Morgan fingerprint density at radius 2 is 2.28 bits per heavy atom. The van der Waals surface area contributed by atoms with Gasteiger partial charge in [-0.2, -0.15) is 0 Å². The summed E-state index contributed by atoms with van der Waals surface area (Å²) in [6.07, 6.45) is 0.851. The Morgan fingerprint density at radius 3 is 2.94 bits per heavy atom. The first kappa shape index (κ1) is 12.9. The third-order valence-corrected chi connectivity index (χ3v) is 3.42. The number of carbonyl (C=O) groups excluding carboxylic acids is 1. The highest BCUT2D eigenvalue weighted by Gasteiger charge is 2.23. The normalized spacial score (nSPS) is 23.7. The molecule has 0 radical (unpaired) electrons. The zero-order valence-electron chi connectivity index (χ0n) is 10.8. The predicted molar refractivity (Wildman–Crippen MR) is 68.7 cm³/mol. The van der Waals surface area contributed by atoms with Crippen molar-refractivity contribution in [1.29, 1.82) is 0 Å². The van der Waals surface area contributed by atoms with Gasteiger partial charge >= 0.3 is 0 Å². The number of ether oxygens (including phenoxy) is 1. The van der Waals surface area contributed by atoms with E-state index in [1.165, 1.54) is 0 Å². The molecular formula is C14H19NO3. The summed E-state index contributed by atoms with van der Waals surface area (Å²) in [6.45, 7) is 5.25. The summed E-state index contributed by atoms with van der Waals surface area (Å²) in [7, 11) is 0. The smallest absolute Gasteiger partial charge is 0.251 e. The van der Waals surface area contributed by atoms with Gasteiger partial charge in [-0.25, -0.2) is 0 Å². The minimum absolute atomic E-state index is 0.0862. The van der Waals surface area contributed by atoms with Crippen LogP contribution in [0.15, 0.2) is 18.2 Å². The van der Waals surface area contributed by atoms with Gasteiger partial charge in [0.05, 0.1) is 6.61 Å². The Kier molecular flexibility index (Phi) is 3.87. The van der Waals surface area contributed by atoms with E-state index in [1.54, 1.807) is 25.1 Å². The van der Waals surface area contributed by atoms with Gasteiger partial charge in [0.15, 0.2) is 0 Å². The zero-order valence-corrected chi connectivity index (χ0v) is 10.8. The van der Waals surface area contributed by atoms with Crippen molar-refractivity contribution in [3.05, 3.63) is 29.3 Å². The third-order valence-electron chi connectivity index (χ3n) is 3.42. The fourth-order valence-corrected chi connectivity index (χ4v) is 2.14. The van der Waals surface area contributed by atoms with E-state index in [4.69, 9.17) is 4.74 Å². The average molecular weight is 249 g/mol. The molecule has 2 rings (SSSR count). The highest BCUT2D eigenvalue weighted by atomic mass is 16.5. The summed E-state index contributed by atoms with van der Waals surface area (Å²) in [4.78, 5) is 12.1. The number of nitrogens with one attached hydrogen (secondary N) is 1. The summed E-state index contributed by atoms with van der Waals surface area (Å²) in [5, 5.41) is 12.5. The minimum atomic E-state index is -0.0862. The highest BCUT2D eigenvalue weighted by Crippen LogP contribution is 2.18. The van der Waals surface area contributed by atoms with Gasteiger partial charge in [-0.05, 0) is 43.0 Å². The number of aryl methyl sites for hydroxylation is 1. The van der Waals surface area contributed by atoms with E-state index in [0.717, 1.165) is 6.42 Å². The largest absolute Gasteiger partial charge is 0.508 e. The first-order valence-corrected chi connectivity index (χ1v) is 6.26. The van der Waals surface area contributed by atoms with E-state index < -0.39 is 0 Å². The lowest BCUT2D eigenvalue weighted by atomic mass is 9.97. The molecule has 1 fully saturated rings. The van der Waals surface area contributed by atoms with Gasteiger partial charge in [-0.15, -0.1) is 0 Å². The van der Waals surface area contributed by atoms with Crippen LogP contribution < -0.4 is 5.32 Å². The van der Waals surface area contributed by atoms with Gasteiger partial charge < -0.3 is 15.2 Å². The molecule has 0 spiro atoms. The SMILES string of the molecule is Cc1cc(C(=O)NC2CCOCC2C)ccc1O. The fourth-order valence-electron chi connectivity index (χ4n) is 2.14. The summed E-state index contributed by atoms with van der Waals surface area (Å²) in [6, 6.07) is 5.06. The van der Waals surface area contributed by atoms with Crippen molar-refractivity contribution in [2.24, 2.45) is 5.92 Å². The molecule has 1 aromatic rings. The number of phenols is 1. The Morgan fingerprint density at radius 1 is 1.50 bits per heavy atom.